The molecule has 1 aromatic rings. The minimum atomic E-state index is 0.0692. The molecule has 1 aromatic heterocycles. The van der Waals surface area contributed by atoms with E-state index >= 15 is 0 Å². The van der Waals surface area contributed by atoms with E-state index in [1.54, 1.807) is 18.4 Å². The van der Waals surface area contributed by atoms with Crippen molar-refractivity contribution in [2.24, 2.45) is 0 Å². The van der Waals surface area contributed by atoms with Crippen LogP contribution in [0.4, 0.5) is 0 Å². The molecule has 1 aliphatic rings. The largest absolute Gasteiger partial charge is 0.383 e. The number of rotatable bonds is 6. The molecular weight excluding hydrogens is 260 g/mol. The molecule has 2 heterocycles. The number of hydrogen-bond donors (Lipinski definition) is 1. The fourth-order valence-corrected chi connectivity index (χ4v) is 3.36. The Labute approximate surface area is 118 Å². The number of thiophene rings is 1. The molecule has 19 heavy (non-hydrogen) atoms. The van der Waals surface area contributed by atoms with E-state index in [9.17, 15) is 4.79 Å². The first-order chi connectivity index (χ1) is 9.20. The summed E-state index contributed by atoms with van der Waals surface area (Å²) in [7, 11) is 1.65. The van der Waals surface area contributed by atoms with Crippen molar-refractivity contribution in [1.82, 2.24) is 10.2 Å². The van der Waals surface area contributed by atoms with Gasteiger partial charge in [0.05, 0.1) is 13.2 Å². The molecule has 1 N–H and O–H groups in total. The molecule has 0 spiro atoms. The fraction of sp³-hybridized carbons (Fsp3) is 0.643. The van der Waals surface area contributed by atoms with Crippen molar-refractivity contribution in [3.05, 3.63) is 22.4 Å². The third-order valence-corrected chi connectivity index (χ3v) is 4.16. The molecule has 1 fully saturated rings. The summed E-state index contributed by atoms with van der Waals surface area (Å²) < 4.78 is 5.03. The second-order valence-electron chi connectivity index (χ2n) is 5.11. The van der Waals surface area contributed by atoms with E-state index in [2.05, 4.69) is 27.0 Å². The number of nitrogens with zero attached hydrogens (tertiary/aromatic N) is 1. The lowest BCUT2D eigenvalue weighted by Gasteiger charge is -2.24. The van der Waals surface area contributed by atoms with Crippen LogP contribution in [0.5, 0.6) is 0 Å². The average Bonchev–Trinajstić information content (AvgIpc) is 2.98. The van der Waals surface area contributed by atoms with Gasteiger partial charge in [0.15, 0.2) is 0 Å². The van der Waals surface area contributed by atoms with Crippen LogP contribution in [0.3, 0.4) is 0 Å². The first kappa shape index (κ1) is 14.5. The summed E-state index contributed by atoms with van der Waals surface area (Å²) in [5.41, 5.74) is 1.35. The van der Waals surface area contributed by atoms with Crippen molar-refractivity contribution >= 4 is 17.2 Å². The zero-order chi connectivity index (χ0) is 13.7. The van der Waals surface area contributed by atoms with Gasteiger partial charge in [0.25, 0.3) is 0 Å². The molecule has 0 bridgehead atoms. The van der Waals surface area contributed by atoms with E-state index in [-0.39, 0.29) is 11.9 Å². The highest BCUT2D eigenvalue weighted by Gasteiger charge is 2.27. The highest BCUT2D eigenvalue weighted by Crippen LogP contribution is 2.32. The maximum Gasteiger partial charge on any atom is 0.234 e. The van der Waals surface area contributed by atoms with Gasteiger partial charge in [0.2, 0.25) is 5.91 Å². The molecule has 0 unspecified atom stereocenters. The molecule has 4 nitrogen and oxygen atoms in total. The molecule has 2 rings (SSSR count). The van der Waals surface area contributed by atoms with Crippen molar-refractivity contribution in [3.63, 3.8) is 0 Å². The smallest absolute Gasteiger partial charge is 0.234 e. The van der Waals surface area contributed by atoms with Crippen LogP contribution in [0.1, 0.15) is 31.4 Å². The predicted octanol–water partition coefficient (Wildman–Crippen LogP) is 2.04. The second-order valence-corrected chi connectivity index (χ2v) is 5.89. The molecule has 5 heteroatoms. The summed E-state index contributed by atoms with van der Waals surface area (Å²) in [4.78, 5) is 14.3. The fourth-order valence-electron chi connectivity index (χ4n) is 2.65. The molecule has 1 saturated heterocycles. The van der Waals surface area contributed by atoms with E-state index in [1.807, 2.05) is 6.92 Å². The first-order valence-corrected chi connectivity index (χ1v) is 7.69. The summed E-state index contributed by atoms with van der Waals surface area (Å²) in [6.07, 6.45) is 2.32. The Balaban J connectivity index is 1.86. The number of carbonyl (C=O) groups excluding carboxylic acids is 1. The summed E-state index contributed by atoms with van der Waals surface area (Å²) in [6.45, 7) is 4.00. The predicted molar refractivity (Wildman–Crippen MR) is 77.3 cm³/mol. The minimum Gasteiger partial charge on any atom is -0.383 e. The van der Waals surface area contributed by atoms with Crippen LogP contribution in [0, 0.1) is 0 Å². The number of carbonyl (C=O) groups is 1. The quantitative estimate of drug-likeness (QED) is 0.868. The molecule has 0 aromatic carbocycles. The van der Waals surface area contributed by atoms with Gasteiger partial charge in [-0.2, -0.15) is 11.3 Å². The monoisotopic (exact) mass is 282 g/mol. The van der Waals surface area contributed by atoms with Gasteiger partial charge < -0.3 is 10.1 Å². The number of likely N-dealkylation sites (tertiary alicyclic amines) is 1. The van der Waals surface area contributed by atoms with Crippen LogP contribution in [-0.4, -0.2) is 43.7 Å². The topological polar surface area (TPSA) is 41.6 Å². The normalized spacial score (nSPS) is 21.5. The van der Waals surface area contributed by atoms with E-state index in [1.165, 1.54) is 12.0 Å². The summed E-state index contributed by atoms with van der Waals surface area (Å²) >= 11 is 1.72. The highest BCUT2D eigenvalue weighted by molar-refractivity contribution is 7.07. The number of nitrogens with one attached hydrogen (secondary N) is 1. The summed E-state index contributed by atoms with van der Waals surface area (Å²) in [5.74, 6) is 0.0895. The first-order valence-electron chi connectivity index (χ1n) is 6.75. The molecule has 1 amide bonds. The van der Waals surface area contributed by atoms with E-state index in [0.717, 1.165) is 13.0 Å². The number of ether oxygens (including phenoxy) is 1. The third kappa shape index (κ3) is 4.03. The Kier molecular flexibility index (Phi) is 5.36. The molecule has 1 aliphatic heterocycles. The standard InChI is InChI=1S/C14H22N2O2S/c1-11(9-18-2)15-14(17)8-16-6-3-4-13(16)12-5-7-19-10-12/h5,7,10-11,13H,3-4,6,8-9H2,1-2H3,(H,15,17)/t11-,13-/m1/s1. The van der Waals surface area contributed by atoms with Gasteiger partial charge in [-0.3, -0.25) is 9.69 Å². The lowest BCUT2D eigenvalue weighted by Crippen LogP contribution is -2.42. The Hall–Kier alpha value is -0.910. The zero-order valence-electron chi connectivity index (χ0n) is 11.6. The number of amides is 1. The average molecular weight is 282 g/mol. The molecule has 0 radical (unpaired) electrons. The molecule has 2 atom stereocenters. The van der Waals surface area contributed by atoms with Crippen LogP contribution in [0.2, 0.25) is 0 Å². The molecule has 106 valence electrons. The van der Waals surface area contributed by atoms with Crippen LogP contribution in [0.25, 0.3) is 0 Å². The second kappa shape index (κ2) is 7.03. The minimum absolute atomic E-state index is 0.0692. The summed E-state index contributed by atoms with van der Waals surface area (Å²) in [5, 5.41) is 7.26. The van der Waals surface area contributed by atoms with Gasteiger partial charge in [-0.1, -0.05) is 0 Å². The molecular formula is C14H22N2O2S. The van der Waals surface area contributed by atoms with E-state index < -0.39 is 0 Å². The SMILES string of the molecule is COC[C@@H](C)NC(=O)CN1CCC[C@@H]1c1ccsc1. The van der Waals surface area contributed by atoms with Gasteiger partial charge in [0, 0.05) is 19.2 Å². The zero-order valence-corrected chi connectivity index (χ0v) is 12.4. The maximum absolute atomic E-state index is 12.0. The van der Waals surface area contributed by atoms with Crippen LogP contribution in [0.15, 0.2) is 16.8 Å². The van der Waals surface area contributed by atoms with Gasteiger partial charge >= 0.3 is 0 Å². The van der Waals surface area contributed by atoms with Crippen LogP contribution in [-0.2, 0) is 9.53 Å². The van der Waals surface area contributed by atoms with E-state index in [4.69, 9.17) is 4.74 Å². The number of methoxy groups -OCH3 is 1. The Morgan fingerprint density at radius 2 is 2.53 bits per heavy atom. The highest BCUT2D eigenvalue weighted by atomic mass is 32.1. The van der Waals surface area contributed by atoms with Gasteiger partial charge in [-0.25, -0.2) is 0 Å². The Morgan fingerprint density at radius 1 is 1.68 bits per heavy atom. The third-order valence-electron chi connectivity index (χ3n) is 3.46. The van der Waals surface area contributed by atoms with Gasteiger partial charge in [0.1, 0.15) is 0 Å². The van der Waals surface area contributed by atoms with Crippen LogP contribution >= 0.6 is 11.3 Å². The Bertz CT molecular complexity index is 394. The number of hydrogen-bond acceptors (Lipinski definition) is 4. The van der Waals surface area contributed by atoms with E-state index in [0.29, 0.717) is 19.2 Å². The van der Waals surface area contributed by atoms with Crippen LogP contribution < -0.4 is 5.32 Å². The van der Waals surface area contributed by atoms with Crippen molar-refractivity contribution < 1.29 is 9.53 Å². The van der Waals surface area contributed by atoms with Crippen molar-refractivity contribution in [2.75, 3.05) is 26.8 Å². The Morgan fingerprint density at radius 3 is 3.21 bits per heavy atom. The lowest BCUT2D eigenvalue weighted by molar-refractivity contribution is -0.123. The van der Waals surface area contributed by atoms with Crippen molar-refractivity contribution in [2.45, 2.75) is 31.8 Å². The molecule has 0 saturated carbocycles. The van der Waals surface area contributed by atoms with Crippen molar-refractivity contribution in [1.29, 1.82) is 0 Å². The van der Waals surface area contributed by atoms with Crippen molar-refractivity contribution in [3.8, 4) is 0 Å². The van der Waals surface area contributed by atoms with Gasteiger partial charge in [-0.05, 0) is 48.7 Å². The maximum atomic E-state index is 12.0. The molecule has 0 aliphatic carbocycles. The lowest BCUT2D eigenvalue weighted by atomic mass is 10.1. The van der Waals surface area contributed by atoms with Gasteiger partial charge in [-0.15, -0.1) is 0 Å². The summed E-state index contributed by atoms with van der Waals surface area (Å²) in [6, 6.07) is 2.65.